The zero-order valence-electron chi connectivity index (χ0n) is 20.9. The number of amides is 4. The van der Waals surface area contributed by atoms with E-state index >= 15 is 0 Å². The minimum absolute atomic E-state index is 0.147. The third-order valence-corrected chi connectivity index (χ3v) is 6.63. The number of carbonyl (C=O) groups excluding carboxylic acids is 3. The van der Waals surface area contributed by atoms with E-state index in [2.05, 4.69) is 21.2 Å². The summed E-state index contributed by atoms with van der Waals surface area (Å²) in [6.45, 7) is 4.51. The summed E-state index contributed by atoms with van der Waals surface area (Å²) >= 11 is 15.9. The number of imide groups is 2. The first-order valence-corrected chi connectivity index (χ1v) is 13.4. The van der Waals surface area contributed by atoms with Crippen molar-refractivity contribution in [2.24, 2.45) is 0 Å². The van der Waals surface area contributed by atoms with E-state index in [1.807, 2.05) is 19.1 Å². The summed E-state index contributed by atoms with van der Waals surface area (Å²) in [7, 11) is 0. The zero-order chi connectivity index (χ0) is 28.1. The number of rotatable bonds is 9. The second-order valence-corrected chi connectivity index (χ2v) is 9.88. The first-order chi connectivity index (χ1) is 18.7. The molecule has 0 unspecified atom stereocenters. The Hall–Kier alpha value is -3.53. The van der Waals surface area contributed by atoms with Crippen molar-refractivity contribution in [3.8, 4) is 17.2 Å². The molecule has 0 saturated carbocycles. The second-order valence-electron chi connectivity index (χ2n) is 8.18. The van der Waals surface area contributed by atoms with Crippen LogP contribution in [0.4, 0.5) is 10.5 Å². The summed E-state index contributed by atoms with van der Waals surface area (Å²) in [6.07, 6.45) is 1.35. The average Bonchev–Trinajstić information content (AvgIpc) is 2.89. The molecule has 4 rings (SSSR count). The molecule has 39 heavy (non-hydrogen) atoms. The molecule has 0 aliphatic carbocycles. The summed E-state index contributed by atoms with van der Waals surface area (Å²) in [5.74, 6) is -0.557. The van der Waals surface area contributed by atoms with Crippen LogP contribution in [0, 0.1) is 0 Å². The number of halogens is 3. The van der Waals surface area contributed by atoms with E-state index in [-0.39, 0.29) is 28.6 Å². The van der Waals surface area contributed by atoms with Gasteiger partial charge in [-0.1, -0.05) is 35.3 Å². The molecule has 3 aromatic carbocycles. The molecular weight excluding hydrogens is 611 g/mol. The van der Waals surface area contributed by atoms with Crippen LogP contribution in [0.25, 0.3) is 6.08 Å². The van der Waals surface area contributed by atoms with Crippen molar-refractivity contribution >= 4 is 68.7 Å². The number of benzene rings is 3. The molecule has 1 N–H and O–H groups in total. The van der Waals surface area contributed by atoms with Gasteiger partial charge in [0, 0.05) is 11.1 Å². The summed E-state index contributed by atoms with van der Waals surface area (Å²) in [5, 5.41) is 3.09. The van der Waals surface area contributed by atoms with Gasteiger partial charge < -0.3 is 14.2 Å². The molecule has 4 amide bonds. The monoisotopic (exact) mass is 632 g/mol. The molecule has 0 bridgehead atoms. The number of hydrogen-bond acceptors (Lipinski definition) is 6. The molecule has 1 heterocycles. The number of nitrogens with one attached hydrogen (secondary N) is 1. The molecular formula is C28H23BrCl2N2O6. The highest BCUT2D eigenvalue weighted by molar-refractivity contribution is 9.10. The minimum Gasteiger partial charge on any atom is -0.494 e. The van der Waals surface area contributed by atoms with Crippen molar-refractivity contribution in [2.75, 3.05) is 18.1 Å². The Morgan fingerprint density at radius 1 is 0.923 bits per heavy atom. The van der Waals surface area contributed by atoms with Gasteiger partial charge in [0.05, 0.1) is 28.4 Å². The van der Waals surface area contributed by atoms with Crippen LogP contribution in [-0.4, -0.2) is 31.1 Å². The van der Waals surface area contributed by atoms with Gasteiger partial charge in [-0.05, 0) is 83.4 Å². The first-order valence-electron chi connectivity index (χ1n) is 11.9. The fraction of sp³-hybridized carbons (Fsp3) is 0.179. The molecule has 0 radical (unpaired) electrons. The number of ether oxygens (including phenoxy) is 3. The standard InChI is InChI=1S/C28H23BrCl2N2O6/c1-3-37-19-9-10-24(38-4-2)23(14-19)33-27(35)20(26(34)32-28(33)36)11-17-12-21(29)25(22(31)13-17)39-15-16-5-7-18(30)8-6-16/h5-14H,3-4,15H2,1-2H3,(H,32,34,36)/b20-11+. The lowest BCUT2D eigenvalue weighted by Crippen LogP contribution is -2.54. The highest BCUT2D eigenvalue weighted by Gasteiger charge is 2.38. The first kappa shape index (κ1) is 28.5. The second kappa shape index (κ2) is 12.5. The van der Waals surface area contributed by atoms with Gasteiger partial charge in [-0.2, -0.15) is 0 Å². The third-order valence-electron chi connectivity index (χ3n) is 5.51. The number of barbiturate groups is 1. The van der Waals surface area contributed by atoms with Gasteiger partial charge in [-0.15, -0.1) is 0 Å². The van der Waals surface area contributed by atoms with Crippen LogP contribution in [0.3, 0.4) is 0 Å². The van der Waals surface area contributed by atoms with E-state index in [0.717, 1.165) is 10.5 Å². The van der Waals surface area contributed by atoms with Gasteiger partial charge in [0.1, 0.15) is 23.7 Å². The summed E-state index contributed by atoms with van der Waals surface area (Å²) in [5.41, 5.74) is 1.21. The molecule has 1 aliphatic rings. The van der Waals surface area contributed by atoms with Gasteiger partial charge in [-0.3, -0.25) is 14.9 Å². The SMILES string of the molecule is CCOc1ccc(OCC)c(N2C(=O)NC(=O)/C(=C\c3cc(Cl)c(OCc4ccc(Cl)cc4)c(Br)c3)C2=O)c1. The van der Waals surface area contributed by atoms with E-state index in [1.54, 1.807) is 43.3 Å². The van der Waals surface area contributed by atoms with Crippen molar-refractivity contribution in [3.63, 3.8) is 0 Å². The van der Waals surface area contributed by atoms with Gasteiger partial charge in [0.15, 0.2) is 5.75 Å². The van der Waals surface area contributed by atoms with E-state index in [9.17, 15) is 14.4 Å². The maximum absolute atomic E-state index is 13.5. The fourth-order valence-electron chi connectivity index (χ4n) is 3.79. The molecule has 1 saturated heterocycles. The van der Waals surface area contributed by atoms with Gasteiger partial charge in [0.25, 0.3) is 11.8 Å². The third kappa shape index (κ3) is 6.55. The zero-order valence-corrected chi connectivity index (χ0v) is 24.0. The number of carbonyl (C=O) groups is 3. The Morgan fingerprint density at radius 3 is 2.31 bits per heavy atom. The van der Waals surface area contributed by atoms with Crippen molar-refractivity contribution in [1.82, 2.24) is 5.32 Å². The van der Waals surface area contributed by atoms with E-state index in [0.29, 0.717) is 39.8 Å². The van der Waals surface area contributed by atoms with Gasteiger partial charge in [-0.25, -0.2) is 9.69 Å². The van der Waals surface area contributed by atoms with Crippen molar-refractivity contribution < 1.29 is 28.6 Å². The number of hydrogen-bond donors (Lipinski definition) is 1. The van der Waals surface area contributed by atoms with Gasteiger partial charge in [0.2, 0.25) is 0 Å². The Bertz CT molecular complexity index is 1440. The van der Waals surface area contributed by atoms with E-state index in [4.69, 9.17) is 37.4 Å². The molecule has 11 heteroatoms. The smallest absolute Gasteiger partial charge is 0.336 e. The largest absolute Gasteiger partial charge is 0.494 e. The molecule has 0 spiro atoms. The summed E-state index contributed by atoms with van der Waals surface area (Å²) < 4.78 is 17.5. The molecule has 3 aromatic rings. The van der Waals surface area contributed by atoms with E-state index < -0.39 is 17.8 Å². The van der Waals surface area contributed by atoms with Crippen LogP contribution in [0.2, 0.25) is 10.0 Å². The molecule has 0 atom stereocenters. The van der Waals surface area contributed by atoms with Crippen LogP contribution in [0.5, 0.6) is 17.2 Å². The van der Waals surface area contributed by atoms with Crippen molar-refractivity contribution in [2.45, 2.75) is 20.5 Å². The predicted octanol–water partition coefficient (Wildman–Crippen LogP) is 6.80. The Morgan fingerprint density at radius 2 is 1.64 bits per heavy atom. The highest BCUT2D eigenvalue weighted by Crippen LogP contribution is 2.37. The van der Waals surface area contributed by atoms with Crippen molar-refractivity contribution in [3.05, 3.63) is 85.8 Å². The normalized spacial score (nSPS) is 14.4. The fourth-order valence-corrected chi connectivity index (χ4v) is 4.90. The van der Waals surface area contributed by atoms with Crippen LogP contribution in [0.1, 0.15) is 25.0 Å². The maximum Gasteiger partial charge on any atom is 0.336 e. The Balaban J connectivity index is 1.64. The Labute approximate surface area is 243 Å². The maximum atomic E-state index is 13.5. The van der Waals surface area contributed by atoms with Crippen LogP contribution in [-0.2, 0) is 16.2 Å². The predicted molar refractivity (Wildman–Crippen MR) is 153 cm³/mol. The lowest BCUT2D eigenvalue weighted by molar-refractivity contribution is -0.122. The van der Waals surface area contributed by atoms with Crippen LogP contribution in [0.15, 0.2) is 64.6 Å². The number of anilines is 1. The average molecular weight is 634 g/mol. The van der Waals surface area contributed by atoms with Crippen LogP contribution < -0.4 is 24.4 Å². The number of nitrogens with zero attached hydrogens (tertiary/aromatic N) is 1. The van der Waals surface area contributed by atoms with Crippen molar-refractivity contribution in [1.29, 1.82) is 0 Å². The lowest BCUT2D eigenvalue weighted by Gasteiger charge is -2.28. The molecule has 8 nitrogen and oxygen atoms in total. The summed E-state index contributed by atoms with van der Waals surface area (Å²) in [6, 6.07) is 14.3. The lowest BCUT2D eigenvalue weighted by atomic mass is 10.1. The molecule has 1 aliphatic heterocycles. The quantitative estimate of drug-likeness (QED) is 0.206. The molecule has 202 valence electrons. The Kier molecular flexibility index (Phi) is 9.16. The highest BCUT2D eigenvalue weighted by atomic mass is 79.9. The number of urea groups is 1. The molecule has 1 fully saturated rings. The summed E-state index contributed by atoms with van der Waals surface area (Å²) in [4.78, 5) is 39.9. The van der Waals surface area contributed by atoms with E-state index in [1.165, 1.54) is 12.1 Å². The van der Waals surface area contributed by atoms with Crippen LogP contribution >= 0.6 is 39.1 Å². The minimum atomic E-state index is -0.901. The van der Waals surface area contributed by atoms with Gasteiger partial charge >= 0.3 is 6.03 Å². The topological polar surface area (TPSA) is 94.2 Å². The molecule has 0 aromatic heterocycles.